The zero-order valence-corrected chi connectivity index (χ0v) is 12.0. The van der Waals surface area contributed by atoms with Gasteiger partial charge in [0.1, 0.15) is 0 Å². The molecule has 1 amide bonds. The highest BCUT2D eigenvalue weighted by atomic mass is 16.2. The van der Waals surface area contributed by atoms with Gasteiger partial charge in [0.25, 0.3) is 0 Å². The zero-order valence-electron chi connectivity index (χ0n) is 12.0. The van der Waals surface area contributed by atoms with Gasteiger partial charge in [-0.15, -0.1) is 0 Å². The highest BCUT2D eigenvalue weighted by molar-refractivity contribution is 5.95. The largest absolute Gasteiger partial charge is 0.312 e. The van der Waals surface area contributed by atoms with Crippen LogP contribution >= 0.6 is 0 Å². The Kier molecular flexibility index (Phi) is 5.44. The Labute approximate surface area is 116 Å². The molecule has 0 aliphatic carbocycles. The van der Waals surface area contributed by atoms with Crippen LogP contribution in [0.25, 0.3) is 0 Å². The van der Waals surface area contributed by atoms with E-state index in [-0.39, 0.29) is 0 Å². The van der Waals surface area contributed by atoms with Crippen molar-refractivity contribution in [2.24, 2.45) is 0 Å². The number of hydrogen-bond donors (Lipinski definition) is 0. The average molecular weight is 259 g/mol. The van der Waals surface area contributed by atoms with Crippen molar-refractivity contribution in [2.45, 2.75) is 58.3 Å². The van der Waals surface area contributed by atoms with E-state index in [9.17, 15) is 4.79 Å². The number of carbonyl (C=O) groups excluding carboxylic acids is 1. The molecule has 0 aromatic heterocycles. The predicted molar refractivity (Wildman–Crippen MR) is 80.5 cm³/mol. The molecule has 1 aliphatic heterocycles. The summed E-state index contributed by atoms with van der Waals surface area (Å²) < 4.78 is 0. The van der Waals surface area contributed by atoms with Gasteiger partial charge in [0.15, 0.2) is 0 Å². The van der Waals surface area contributed by atoms with E-state index in [0.717, 1.165) is 25.1 Å². The third-order valence-electron chi connectivity index (χ3n) is 3.93. The van der Waals surface area contributed by atoms with Gasteiger partial charge in [-0.1, -0.05) is 57.2 Å². The van der Waals surface area contributed by atoms with Crippen LogP contribution in [-0.4, -0.2) is 12.5 Å². The molecule has 1 aromatic rings. The summed E-state index contributed by atoms with van der Waals surface area (Å²) in [6, 6.07) is 8.28. The molecule has 0 unspecified atom stereocenters. The molecule has 104 valence electrons. The Morgan fingerprint density at radius 1 is 1.11 bits per heavy atom. The van der Waals surface area contributed by atoms with E-state index in [1.54, 1.807) is 0 Å². The smallest absolute Gasteiger partial charge is 0.226 e. The number of anilines is 1. The third-order valence-corrected chi connectivity index (χ3v) is 3.93. The normalized spacial score (nSPS) is 13.6. The van der Waals surface area contributed by atoms with Crippen molar-refractivity contribution in [2.75, 3.05) is 11.4 Å². The average Bonchev–Trinajstić information content (AvgIpc) is 2.86. The summed E-state index contributed by atoms with van der Waals surface area (Å²) in [4.78, 5) is 14.2. The Morgan fingerprint density at radius 2 is 1.84 bits per heavy atom. The van der Waals surface area contributed by atoms with Gasteiger partial charge in [-0.05, 0) is 24.5 Å². The lowest BCUT2D eigenvalue weighted by Crippen LogP contribution is -2.28. The molecule has 0 atom stereocenters. The fourth-order valence-electron chi connectivity index (χ4n) is 2.79. The van der Waals surface area contributed by atoms with E-state index >= 15 is 0 Å². The molecule has 2 rings (SSSR count). The molecule has 1 aliphatic rings. The maximum atomic E-state index is 12.2. The van der Waals surface area contributed by atoms with Crippen LogP contribution in [0.15, 0.2) is 24.3 Å². The predicted octanol–water partition coefficient (Wildman–Crippen LogP) is 4.33. The molecule has 2 nitrogen and oxygen atoms in total. The highest BCUT2D eigenvalue weighted by Crippen LogP contribution is 2.28. The van der Waals surface area contributed by atoms with E-state index in [1.807, 2.05) is 11.0 Å². The highest BCUT2D eigenvalue weighted by Gasteiger charge is 2.23. The number of amides is 1. The number of unbranched alkanes of at least 4 members (excludes halogenated alkanes) is 5. The SMILES string of the molecule is CCCCCCCCC(=O)N1CCc2ccccc21. The fourth-order valence-corrected chi connectivity index (χ4v) is 2.79. The minimum atomic E-state index is 0.306. The second-order valence-corrected chi connectivity index (χ2v) is 5.44. The van der Waals surface area contributed by atoms with Gasteiger partial charge in [-0.25, -0.2) is 0 Å². The quantitative estimate of drug-likeness (QED) is 0.667. The van der Waals surface area contributed by atoms with E-state index in [1.165, 1.54) is 37.7 Å². The van der Waals surface area contributed by atoms with Crippen molar-refractivity contribution >= 4 is 11.6 Å². The molecule has 0 fully saturated rings. The summed E-state index contributed by atoms with van der Waals surface area (Å²) in [6.07, 6.45) is 9.16. The second kappa shape index (κ2) is 7.32. The Morgan fingerprint density at radius 3 is 2.68 bits per heavy atom. The summed E-state index contributed by atoms with van der Waals surface area (Å²) in [5.41, 5.74) is 2.46. The van der Waals surface area contributed by atoms with Gasteiger partial charge in [0, 0.05) is 18.7 Å². The molecular weight excluding hydrogens is 234 g/mol. The van der Waals surface area contributed by atoms with Crippen LogP contribution in [0.4, 0.5) is 5.69 Å². The van der Waals surface area contributed by atoms with E-state index in [0.29, 0.717) is 12.3 Å². The molecule has 0 saturated carbocycles. The van der Waals surface area contributed by atoms with Gasteiger partial charge in [0.2, 0.25) is 5.91 Å². The fraction of sp³-hybridized carbons (Fsp3) is 0.588. The van der Waals surface area contributed by atoms with Gasteiger partial charge in [0.05, 0.1) is 0 Å². The molecule has 0 radical (unpaired) electrons. The standard InChI is InChI=1S/C17H25NO/c1-2-3-4-5-6-7-12-17(19)18-14-13-15-10-8-9-11-16(15)18/h8-11H,2-7,12-14H2,1H3. The van der Waals surface area contributed by atoms with Crippen molar-refractivity contribution < 1.29 is 4.79 Å². The van der Waals surface area contributed by atoms with E-state index in [4.69, 9.17) is 0 Å². The first-order valence-corrected chi connectivity index (χ1v) is 7.71. The van der Waals surface area contributed by atoms with Crippen molar-refractivity contribution in [3.8, 4) is 0 Å². The summed E-state index contributed by atoms with van der Waals surface area (Å²) in [7, 11) is 0. The Hall–Kier alpha value is -1.31. The van der Waals surface area contributed by atoms with Crippen LogP contribution in [0.2, 0.25) is 0 Å². The van der Waals surface area contributed by atoms with Crippen LogP contribution in [0.1, 0.15) is 57.4 Å². The lowest BCUT2D eigenvalue weighted by molar-refractivity contribution is -0.118. The molecule has 2 heteroatoms. The van der Waals surface area contributed by atoms with Crippen molar-refractivity contribution in [3.63, 3.8) is 0 Å². The molecule has 0 N–H and O–H groups in total. The number of nitrogens with zero attached hydrogens (tertiary/aromatic N) is 1. The van der Waals surface area contributed by atoms with Crippen molar-refractivity contribution in [1.82, 2.24) is 0 Å². The first-order valence-electron chi connectivity index (χ1n) is 7.71. The second-order valence-electron chi connectivity index (χ2n) is 5.44. The van der Waals surface area contributed by atoms with Crippen LogP contribution in [0, 0.1) is 0 Å². The minimum absolute atomic E-state index is 0.306. The number of fused-ring (bicyclic) bond motifs is 1. The molecule has 19 heavy (non-hydrogen) atoms. The first-order chi connectivity index (χ1) is 9.33. The summed E-state index contributed by atoms with van der Waals surface area (Å²) in [5, 5.41) is 0. The Bertz CT molecular complexity index is 413. The number of para-hydroxylation sites is 1. The van der Waals surface area contributed by atoms with E-state index in [2.05, 4.69) is 25.1 Å². The zero-order chi connectivity index (χ0) is 13.5. The summed E-state index contributed by atoms with van der Waals surface area (Å²) in [6.45, 7) is 3.10. The van der Waals surface area contributed by atoms with Crippen LogP contribution in [-0.2, 0) is 11.2 Å². The lowest BCUT2D eigenvalue weighted by Gasteiger charge is -2.17. The van der Waals surface area contributed by atoms with Crippen LogP contribution in [0.3, 0.4) is 0 Å². The number of carbonyl (C=O) groups is 1. The lowest BCUT2D eigenvalue weighted by atomic mass is 10.1. The third kappa shape index (κ3) is 3.82. The molecule has 1 heterocycles. The van der Waals surface area contributed by atoms with Crippen molar-refractivity contribution in [3.05, 3.63) is 29.8 Å². The van der Waals surface area contributed by atoms with Crippen molar-refractivity contribution in [1.29, 1.82) is 0 Å². The summed E-state index contributed by atoms with van der Waals surface area (Å²) >= 11 is 0. The summed E-state index contributed by atoms with van der Waals surface area (Å²) in [5.74, 6) is 0.306. The van der Waals surface area contributed by atoms with Gasteiger partial charge < -0.3 is 4.90 Å². The number of hydrogen-bond acceptors (Lipinski definition) is 1. The molecule has 0 bridgehead atoms. The van der Waals surface area contributed by atoms with Crippen LogP contribution < -0.4 is 4.90 Å². The van der Waals surface area contributed by atoms with Gasteiger partial charge in [-0.2, -0.15) is 0 Å². The first kappa shape index (κ1) is 14.1. The molecular formula is C17H25NO. The van der Waals surface area contributed by atoms with Gasteiger partial charge in [-0.3, -0.25) is 4.79 Å². The monoisotopic (exact) mass is 259 g/mol. The maximum Gasteiger partial charge on any atom is 0.226 e. The van der Waals surface area contributed by atoms with Gasteiger partial charge >= 0.3 is 0 Å². The molecule has 0 spiro atoms. The topological polar surface area (TPSA) is 20.3 Å². The minimum Gasteiger partial charge on any atom is -0.312 e. The van der Waals surface area contributed by atoms with E-state index < -0.39 is 0 Å². The molecule has 1 aromatic carbocycles. The maximum absolute atomic E-state index is 12.2. The number of rotatable bonds is 7. The number of benzene rings is 1. The van der Waals surface area contributed by atoms with Crippen LogP contribution in [0.5, 0.6) is 0 Å². The Balaban J connectivity index is 1.73. The molecule has 0 saturated heterocycles.